The van der Waals surface area contributed by atoms with E-state index in [0.717, 1.165) is 23.7 Å². The quantitative estimate of drug-likeness (QED) is 0.429. The van der Waals surface area contributed by atoms with E-state index in [-0.39, 0.29) is 0 Å². The Kier molecular flexibility index (Phi) is 6.54. The maximum atomic E-state index is 4.30. The molecule has 0 aromatic rings. The molecule has 0 aromatic heterocycles. The fourth-order valence-electron chi connectivity index (χ4n) is 5.95. The van der Waals surface area contributed by atoms with Gasteiger partial charge >= 0.3 is 0 Å². The van der Waals surface area contributed by atoms with E-state index in [1.54, 1.807) is 5.57 Å². The van der Waals surface area contributed by atoms with E-state index in [4.69, 9.17) is 0 Å². The minimum absolute atomic E-state index is 0.522. The number of fused-ring (bicyclic) bond motifs is 1. The standard InChI is InChI=1S/C27H42/c1-19(2)21(4)9-7-11-25-14-15-26-23(10-8-16-27(25,26)6)12-13-24-18-20(3)17-22(24)5/h7,9,12-13,19-21,25-26H,5,8,10-11,14-18H2,1-4,6H3/b9-7+,23-12+,24-13+. The minimum atomic E-state index is 0.522. The molecule has 0 heterocycles. The van der Waals surface area contributed by atoms with Crippen molar-refractivity contribution >= 4 is 0 Å². The van der Waals surface area contributed by atoms with Gasteiger partial charge in [-0.2, -0.15) is 0 Å². The van der Waals surface area contributed by atoms with Gasteiger partial charge in [0.05, 0.1) is 0 Å². The molecule has 5 atom stereocenters. The van der Waals surface area contributed by atoms with E-state index in [9.17, 15) is 0 Å². The molecule has 150 valence electrons. The second kappa shape index (κ2) is 8.54. The predicted molar refractivity (Wildman–Crippen MR) is 120 cm³/mol. The highest BCUT2D eigenvalue weighted by Gasteiger charge is 2.48. The SMILES string of the molecule is C=C1CC(C)C/C1=C\C=C1/CCCC2(C)C(C/C=C/C(C)C(C)C)CCC12. The molecule has 0 radical (unpaired) electrons. The third kappa shape index (κ3) is 4.52. The molecule has 3 fully saturated rings. The van der Waals surface area contributed by atoms with Crippen LogP contribution in [-0.4, -0.2) is 0 Å². The van der Waals surface area contributed by atoms with Crippen LogP contribution in [0, 0.1) is 35.0 Å². The highest BCUT2D eigenvalue weighted by Crippen LogP contribution is 2.58. The van der Waals surface area contributed by atoms with Gasteiger partial charge in [0.25, 0.3) is 0 Å². The molecule has 0 N–H and O–H groups in total. The fraction of sp³-hybridized carbons (Fsp3) is 0.704. The third-order valence-corrected chi connectivity index (χ3v) is 8.19. The van der Waals surface area contributed by atoms with E-state index in [1.807, 2.05) is 0 Å². The maximum absolute atomic E-state index is 4.30. The molecule has 0 bridgehead atoms. The average molecular weight is 367 g/mol. The van der Waals surface area contributed by atoms with Crippen molar-refractivity contribution in [3.8, 4) is 0 Å². The molecule has 3 rings (SSSR count). The predicted octanol–water partition coefficient (Wildman–Crippen LogP) is 8.28. The summed E-state index contributed by atoms with van der Waals surface area (Å²) < 4.78 is 0. The lowest BCUT2D eigenvalue weighted by Gasteiger charge is -2.42. The summed E-state index contributed by atoms with van der Waals surface area (Å²) in [4.78, 5) is 0. The molecule has 3 aliphatic rings. The van der Waals surface area contributed by atoms with Crippen molar-refractivity contribution in [1.82, 2.24) is 0 Å². The Labute approximate surface area is 168 Å². The number of hydrogen-bond acceptors (Lipinski definition) is 0. The molecule has 0 nitrogen and oxygen atoms in total. The van der Waals surface area contributed by atoms with Gasteiger partial charge in [-0.1, -0.05) is 76.6 Å². The van der Waals surface area contributed by atoms with Crippen LogP contribution in [0.2, 0.25) is 0 Å². The van der Waals surface area contributed by atoms with Gasteiger partial charge in [0.15, 0.2) is 0 Å². The lowest BCUT2D eigenvalue weighted by molar-refractivity contribution is 0.137. The number of allylic oxidation sites excluding steroid dienone is 7. The molecule has 0 spiro atoms. The second-order valence-corrected chi connectivity index (χ2v) is 10.5. The lowest BCUT2D eigenvalue weighted by atomic mass is 9.63. The van der Waals surface area contributed by atoms with Crippen LogP contribution in [0.1, 0.15) is 86.0 Å². The third-order valence-electron chi connectivity index (χ3n) is 8.19. The van der Waals surface area contributed by atoms with Crippen molar-refractivity contribution in [2.24, 2.45) is 35.0 Å². The summed E-state index contributed by atoms with van der Waals surface area (Å²) in [7, 11) is 0. The topological polar surface area (TPSA) is 0 Å². The van der Waals surface area contributed by atoms with Crippen LogP contribution < -0.4 is 0 Å². The average Bonchev–Trinajstić information content (AvgIpc) is 3.11. The van der Waals surface area contributed by atoms with E-state index in [2.05, 4.69) is 65.5 Å². The van der Waals surface area contributed by atoms with Gasteiger partial charge in [0.2, 0.25) is 0 Å². The van der Waals surface area contributed by atoms with E-state index >= 15 is 0 Å². The highest BCUT2D eigenvalue weighted by atomic mass is 14.5. The molecule has 5 unspecified atom stereocenters. The Balaban J connectivity index is 1.69. The van der Waals surface area contributed by atoms with Crippen molar-refractivity contribution in [2.45, 2.75) is 86.0 Å². The monoisotopic (exact) mass is 366 g/mol. The molecule has 3 saturated carbocycles. The minimum Gasteiger partial charge on any atom is -0.0955 e. The maximum Gasteiger partial charge on any atom is -0.0143 e. The Morgan fingerprint density at radius 3 is 2.59 bits per heavy atom. The van der Waals surface area contributed by atoms with Crippen LogP contribution in [0.15, 0.2) is 47.6 Å². The Morgan fingerprint density at radius 2 is 1.93 bits per heavy atom. The zero-order valence-electron chi connectivity index (χ0n) is 18.6. The van der Waals surface area contributed by atoms with Gasteiger partial charge in [0, 0.05) is 0 Å². The van der Waals surface area contributed by atoms with Crippen LogP contribution in [0.4, 0.5) is 0 Å². The molecular weight excluding hydrogens is 324 g/mol. The van der Waals surface area contributed by atoms with Crippen molar-refractivity contribution in [1.29, 1.82) is 0 Å². The first-order chi connectivity index (χ1) is 12.8. The Morgan fingerprint density at radius 1 is 1.15 bits per heavy atom. The molecule has 0 aliphatic heterocycles. The lowest BCUT2D eigenvalue weighted by Crippen LogP contribution is -2.33. The number of hydrogen-bond donors (Lipinski definition) is 0. The van der Waals surface area contributed by atoms with Gasteiger partial charge < -0.3 is 0 Å². The molecule has 27 heavy (non-hydrogen) atoms. The Bertz CT molecular complexity index is 628. The van der Waals surface area contributed by atoms with Gasteiger partial charge in [-0.15, -0.1) is 0 Å². The normalized spacial score (nSPS) is 38.4. The van der Waals surface area contributed by atoms with Crippen LogP contribution >= 0.6 is 0 Å². The molecule has 3 aliphatic carbocycles. The molecule has 0 heteroatoms. The first-order valence-electron chi connectivity index (χ1n) is 11.6. The van der Waals surface area contributed by atoms with E-state index in [0.29, 0.717) is 11.3 Å². The Hall–Kier alpha value is -1.04. The summed E-state index contributed by atoms with van der Waals surface area (Å²) in [6.45, 7) is 16.3. The summed E-state index contributed by atoms with van der Waals surface area (Å²) in [6, 6.07) is 0. The highest BCUT2D eigenvalue weighted by molar-refractivity contribution is 5.37. The summed E-state index contributed by atoms with van der Waals surface area (Å²) in [5.74, 6) is 3.92. The van der Waals surface area contributed by atoms with Crippen molar-refractivity contribution in [2.75, 3.05) is 0 Å². The van der Waals surface area contributed by atoms with Crippen molar-refractivity contribution < 1.29 is 0 Å². The molecular formula is C27H42. The van der Waals surface area contributed by atoms with Gasteiger partial charge in [0.1, 0.15) is 0 Å². The fourth-order valence-corrected chi connectivity index (χ4v) is 5.95. The zero-order valence-corrected chi connectivity index (χ0v) is 18.6. The van der Waals surface area contributed by atoms with Crippen LogP contribution in [0.5, 0.6) is 0 Å². The molecule has 0 amide bonds. The largest absolute Gasteiger partial charge is 0.0955 e. The summed E-state index contributed by atoms with van der Waals surface area (Å²) in [6.07, 6.45) is 20.6. The summed E-state index contributed by atoms with van der Waals surface area (Å²) in [5.41, 5.74) is 5.16. The molecule has 0 saturated heterocycles. The smallest absolute Gasteiger partial charge is 0.0143 e. The molecule has 0 aromatic carbocycles. The number of rotatable bonds is 5. The van der Waals surface area contributed by atoms with Gasteiger partial charge in [-0.05, 0) is 91.9 Å². The van der Waals surface area contributed by atoms with Crippen molar-refractivity contribution in [3.05, 3.63) is 47.6 Å². The summed E-state index contributed by atoms with van der Waals surface area (Å²) >= 11 is 0. The second-order valence-electron chi connectivity index (χ2n) is 10.5. The van der Waals surface area contributed by atoms with Gasteiger partial charge in [-0.25, -0.2) is 0 Å². The van der Waals surface area contributed by atoms with Gasteiger partial charge in [-0.3, -0.25) is 0 Å². The zero-order chi connectivity index (χ0) is 19.6. The first kappa shape index (κ1) is 20.7. The first-order valence-corrected chi connectivity index (χ1v) is 11.6. The van der Waals surface area contributed by atoms with Crippen LogP contribution in [0.3, 0.4) is 0 Å². The summed E-state index contributed by atoms with van der Waals surface area (Å²) in [5, 5.41) is 0. The van der Waals surface area contributed by atoms with Crippen LogP contribution in [0.25, 0.3) is 0 Å². The van der Waals surface area contributed by atoms with E-state index in [1.165, 1.54) is 62.5 Å². The van der Waals surface area contributed by atoms with Crippen LogP contribution in [-0.2, 0) is 0 Å². The van der Waals surface area contributed by atoms with E-state index < -0.39 is 0 Å². The van der Waals surface area contributed by atoms with Crippen molar-refractivity contribution in [3.63, 3.8) is 0 Å².